The summed E-state index contributed by atoms with van der Waals surface area (Å²) < 4.78 is 27.4. The van der Waals surface area contributed by atoms with Gasteiger partial charge in [-0.25, -0.2) is 8.42 Å². The zero-order chi connectivity index (χ0) is 23.0. The highest BCUT2D eigenvalue weighted by Crippen LogP contribution is 2.26. The number of fused-ring (bicyclic) bond motifs is 1. The highest BCUT2D eigenvalue weighted by atomic mass is 32.2. The van der Waals surface area contributed by atoms with Crippen LogP contribution in [-0.2, 0) is 14.8 Å². The number of piperazine rings is 1. The lowest BCUT2D eigenvalue weighted by molar-refractivity contribution is -0.133. The second-order valence-corrected chi connectivity index (χ2v) is 10.5. The maximum Gasteiger partial charge on any atom is 0.263 e. The minimum absolute atomic E-state index is 0.0586. The Labute approximate surface area is 190 Å². The molecule has 1 fully saturated rings. The first-order valence-electron chi connectivity index (χ1n) is 11.0. The fourth-order valence-corrected chi connectivity index (χ4v) is 5.53. The van der Waals surface area contributed by atoms with Gasteiger partial charge in [-0.1, -0.05) is 38.1 Å². The highest BCUT2D eigenvalue weighted by molar-refractivity contribution is 7.90. The van der Waals surface area contributed by atoms with Gasteiger partial charge in [0.1, 0.15) is 11.9 Å². The lowest BCUT2D eigenvalue weighted by atomic mass is 10.0. The quantitative estimate of drug-likeness (QED) is 0.770. The van der Waals surface area contributed by atoms with Crippen molar-refractivity contribution >= 4 is 27.5 Å². The molecule has 4 rings (SSSR count). The fourth-order valence-electron chi connectivity index (χ4n) is 4.29. The van der Waals surface area contributed by atoms with Gasteiger partial charge in [-0.05, 0) is 49.1 Å². The summed E-state index contributed by atoms with van der Waals surface area (Å²) in [4.78, 5) is 22.4. The van der Waals surface area contributed by atoms with E-state index in [1.807, 2.05) is 18.7 Å². The molecule has 1 N–H and O–H groups in total. The van der Waals surface area contributed by atoms with Gasteiger partial charge in [0, 0.05) is 37.4 Å². The van der Waals surface area contributed by atoms with E-state index in [0.29, 0.717) is 18.7 Å². The van der Waals surface area contributed by atoms with Crippen LogP contribution >= 0.6 is 0 Å². The Morgan fingerprint density at radius 1 is 1.00 bits per heavy atom. The van der Waals surface area contributed by atoms with Crippen molar-refractivity contribution in [2.24, 2.45) is 10.9 Å². The molecule has 0 spiro atoms. The number of nitrogens with zero attached hydrogens (tertiary/aromatic N) is 3. The molecule has 1 atom stereocenters. The molecule has 0 bridgehead atoms. The van der Waals surface area contributed by atoms with Gasteiger partial charge in [0.05, 0.1) is 4.90 Å². The predicted molar refractivity (Wildman–Crippen MR) is 127 cm³/mol. The molecular formula is C24H30N4O3S. The van der Waals surface area contributed by atoms with Gasteiger partial charge in [-0.15, -0.1) is 0 Å². The van der Waals surface area contributed by atoms with Crippen LogP contribution in [0.25, 0.3) is 0 Å². The third-order valence-corrected chi connectivity index (χ3v) is 7.72. The number of amidine groups is 1. The molecule has 32 heavy (non-hydrogen) atoms. The van der Waals surface area contributed by atoms with E-state index in [2.05, 4.69) is 46.7 Å². The third kappa shape index (κ3) is 4.11. The van der Waals surface area contributed by atoms with Gasteiger partial charge < -0.3 is 9.80 Å². The predicted octanol–water partition coefficient (Wildman–Crippen LogP) is 2.72. The summed E-state index contributed by atoms with van der Waals surface area (Å²) in [6, 6.07) is 12.4. The van der Waals surface area contributed by atoms with Crippen molar-refractivity contribution in [3.05, 3.63) is 59.2 Å². The van der Waals surface area contributed by atoms with Gasteiger partial charge in [-0.3, -0.25) is 14.5 Å². The average Bonchev–Trinajstić information content (AvgIpc) is 3.03. The van der Waals surface area contributed by atoms with Crippen LogP contribution in [0, 0.1) is 19.8 Å². The number of carbonyl (C=O) groups is 1. The Balaban J connectivity index is 1.52. The zero-order valence-electron chi connectivity index (χ0n) is 19.0. The second kappa shape index (κ2) is 8.58. The van der Waals surface area contributed by atoms with Crippen molar-refractivity contribution in [3.63, 3.8) is 0 Å². The lowest BCUT2D eigenvalue weighted by Crippen LogP contribution is -2.52. The zero-order valence-corrected chi connectivity index (χ0v) is 19.8. The van der Waals surface area contributed by atoms with Crippen LogP contribution in [0.2, 0.25) is 0 Å². The molecule has 8 heteroatoms. The molecule has 1 saturated heterocycles. The summed E-state index contributed by atoms with van der Waals surface area (Å²) >= 11 is 0. The second-order valence-electron chi connectivity index (χ2n) is 8.80. The summed E-state index contributed by atoms with van der Waals surface area (Å²) in [7, 11) is -3.63. The minimum Gasteiger partial charge on any atom is -0.368 e. The van der Waals surface area contributed by atoms with Crippen LogP contribution in [0.1, 0.15) is 30.5 Å². The van der Waals surface area contributed by atoms with E-state index in [-0.39, 0.29) is 22.6 Å². The number of aliphatic imine (C=N–C) groups is 1. The molecule has 2 aliphatic heterocycles. The van der Waals surface area contributed by atoms with E-state index in [0.717, 1.165) is 13.1 Å². The van der Waals surface area contributed by atoms with Crippen molar-refractivity contribution in [2.45, 2.75) is 38.6 Å². The molecule has 0 unspecified atom stereocenters. The number of anilines is 1. The summed E-state index contributed by atoms with van der Waals surface area (Å²) in [5, 5.41) is 0. The molecular weight excluding hydrogens is 424 g/mol. The van der Waals surface area contributed by atoms with E-state index in [1.54, 1.807) is 24.3 Å². The molecule has 1 amide bonds. The minimum atomic E-state index is -3.63. The monoisotopic (exact) mass is 454 g/mol. The molecule has 2 aliphatic rings. The normalized spacial score (nSPS) is 19.7. The molecule has 0 aliphatic carbocycles. The summed E-state index contributed by atoms with van der Waals surface area (Å²) in [5.74, 6) is 0.127. The van der Waals surface area contributed by atoms with Crippen LogP contribution in [0.15, 0.2) is 52.4 Å². The molecule has 0 aromatic heterocycles. The number of benzene rings is 2. The van der Waals surface area contributed by atoms with Crippen molar-refractivity contribution in [1.82, 2.24) is 9.62 Å². The topological polar surface area (TPSA) is 82.1 Å². The first kappa shape index (κ1) is 22.3. The molecule has 2 aromatic rings. The lowest BCUT2D eigenvalue weighted by Gasteiger charge is -2.38. The number of sulfonamides is 1. The Hall–Kier alpha value is -2.87. The van der Waals surface area contributed by atoms with E-state index < -0.39 is 16.1 Å². The van der Waals surface area contributed by atoms with Crippen LogP contribution < -0.4 is 9.62 Å². The van der Waals surface area contributed by atoms with Crippen molar-refractivity contribution < 1.29 is 13.2 Å². The van der Waals surface area contributed by atoms with Gasteiger partial charge in [0.2, 0.25) is 5.91 Å². The first-order chi connectivity index (χ1) is 15.2. The molecule has 0 saturated carbocycles. The number of carbonyl (C=O) groups excluding carboxylic acids is 1. The summed E-state index contributed by atoms with van der Waals surface area (Å²) in [6.45, 7) is 10.9. The summed E-state index contributed by atoms with van der Waals surface area (Å²) in [6.07, 6.45) is 0. The van der Waals surface area contributed by atoms with Gasteiger partial charge >= 0.3 is 0 Å². The summed E-state index contributed by atoms with van der Waals surface area (Å²) in [5.41, 5.74) is 4.27. The SMILES string of the molecule is Cc1cccc(N2CCN(C(=O)[C@@H](N=C3NS(=O)(=O)c4ccccc43)C(C)C)CC2)c1C. The average molecular weight is 455 g/mol. The Morgan fingerprint density at radius 2 is 1.69 bits per heavy atom. The van der Waals surface area contributed by atoms with Crippen molar-refractivity contribution in [3.8, 4) is 0 Å². The van der Waals surface area contributed by atoms with Crippen LogP contribution in [-0.4, -0.2) is 57.3 Å². The maximum absolute atomic E-state index is 13.4. The Kier molecular flexibility index (Phi) is 5.99. The van der Waals surface area contributed by atoms with Gasteiger partial charge in [0.25, 0.3) is 10.0 Å². The number of hydrogen-bond acceptors (Lipinski definition) is 5. The van der Waals surface area contributed by atoms with E-state index >= 15 is 0 Å². The Morgan fingerprint density at radius 3 is 2.38 bits per heavy atom. The van der Waals surface area contributed by atoms with E-state index in [4.69, 9.17) is 0 Å². The smallest absolute Gasteiger partial charge is 0.263 e. The number of amides is 1. The largest absolute Gasteiger partial charge is 0.368 e. The maximum atomic E-state index is 13.4. The van der Waals surface area contributed by atoms with Crippen molar-refractivity contribution in [2.75, 3.05) is 31.1 Å². The van der Waals surface area contributed by atoms with E-state index in [1.165, 1.54) is 16.8 Å². The standard InChI is InChI=1S/C24H30N4O3S/c1-16(2)22(25-23-19-9-5-6-11-21(19)32(30,31)26-23)24(29)28-14-12-27(13-15-28)20-10-7-8-17(3)18(20)4/h5-11,16,22H,12-15H2,1-4H3,(H,25,26)/t22-/m0/s1. The highest BCUT2D eigenvalue weighted by Gasteiger charge is 2.34. The Bertz CT molecular complexity index is 1170. The first-order valence-corrected chi connectivity index (χ1v) is 12.5. The number of hydrogen-bond donors (Lipinski definition) is 1. The van der Waals surface area contributed by atoms with Crippen molar-refractivity contribution in [1.29, 1.82) is 0 Å². The number of rotatable bonds is 4. The number of nitrogens with one attached hydrogen (secondary N) is 1. The van der Waals surface area contributed by atoms with Crippen LogP contribution in [0.5, 0.6) is 0 Å². The third-order valence-electron chi connectivity index (χ3n) is 6.32. The van der Waals surface area contributed by atoms with E-state index in [9.17, 15) is 13.2 Å². The molecule has 0 radical (unpaired) electrons. The number of aryl methyl sites for hydroxylation is 1. The van der Waals surface area contributed by atoms with Crippen LogP contribution in [0.3, 0.4) is 0 Å². The molecule has 170 valence electrons. The van der Waals surface area contributed by atoms with Gasteiger partial charge in [0.15, 0.2) is 0 Å². The van der Waals surface area contributed by atoms with Gasteiger partial charge in [-0.2, -0.15) is 0 Å². The fraction of sp³-hybridized carbons (Fsp3) is 0.417. The molecule has 2 heterocycles. The molecule has 7 nitrogen and oxygen atoms in total. The molecule has 2 aromatic carbocycles. The van der Waals surface area contributed by atoms with Crippen LogP contribution in [0.4, 0.5) is 5.69 Å².